The lowest BCUT2D eigenvalue weighted by Crippen LogP contribution is -2.21. The summed E-state index contributed by atoms with van der Waals surface area (Å²) < 4.78 is 39.2. The second kappa shape index (κ2) is 6.39. The lowest BCUT2D eigenvalue weighted by Gasteiger charge is -2.23. The first-order chi connectivity index (χ1) is 8.97. The number of hydrogen-bond donors (Lipinski definition) is 1. The van der Waals surface area contributed by atoms with Gasteiger partial charge in [0.1, 0.15) is 0 Å². The number of nitrogens with one attached hydrogen (secondary N) is 1. The van der Waals surface area contributed by atoms with E-state index < -0.39 is 11.7 Å². The first-order valence-electron chi connectivity index (χ1n) is 6.19. The van der Waals surface area contributed by atoms with Gasteiger partial charge in [0.15, 0.2) is 0 Å². The maximum Gasteiger partial charge on any atom is 0.418 e. The third-order valence-corrected chi connectivity index (χ3v) is 4.97. The molecule has 0 aromatic heterocycles. The predicted octanol–water partition coefficient (Wildman–Crippen LogP) is 5.17. The van der Waals surface area contributed by atoms with Crippen LogP contribution < -0.4 is 5.32 Å². The molecule has 1 aromatic carbocycles. The van der Waals surface area contributed by atoms with Crippen molar-refractivity contribution in [2.45, 2.75) is 30.7 Å². The highest BCUT2D eigenvalue weighted by molar-refractivity contribution is 9.10. The van der Waals surface area contributed by atoms with Gasteiger partial charge in [-0.1, -0.05) is 22.4 Å². The summed E-state index contributed by atoms with van der Waals surface area (Å²) in [4.78, 5) is 0. The quantitative estimate of drug-likeness (QED) is 0.804. The molecule has 0 radical (unpaired) electrons. The molecule has 19 heavy (non-hydrogen) atoms. The predicted molar refractivity (Wildman–Crippen MR) is 77.7 cm³/mol. The number of rotatable bonds is 3. The van der Waals surface area contributed by atoms with Gasteiger partial charge in [0.05, 0.1) is 5.56 Å². The van der Waals surface area contributed by atoms with Crippen molar-refractivity contribution in [1.82, 2.24) is 0 Å². The van der Waals surface area contributed by atoms with E-state index in [2.05, 4.69) is 21.2 Å². The Morgan fingerprint density at radius 1 is 1.32 bits per heavy atom. The second-order valence-corrected chi connectivity index (χ2v) is 6.88. The highest BCUT2D eigenvalue weighted by Gasteiger charge is 2.33. The fourth-order valence-electron chi connectivity index (χ4n) is 2.10. The van der Waals surface area contributed by atoms with E-state index in [1.807, 2.05) is 11.8 Å². The van der Waals surface area contributed by atoms with Gasteiger partial charge in [-0.25, -0.2) is 0 Å². The lowest BCUT2D eigenvalue weighted by atomic mass is 10.1. The number of hydrogen-bond acceptors (Lipinski definition) is 2. The summed E-state index contributed by atoms with van der Waals surface area (Å²) in [6, 6.07) is 4.24. The Hall–Kier alpha value is -0.360. The SMILES string of the molecule is FC(F)(F)c1cc(Br)ccc1NCC1CCCCS1. The standard InChI is InChI=1S/C13H15BrF3NS/c14-9-4-5-12(11(7-9)13(15,16)17)18-8-10-3-1-2-6-19-10/h4-5,7,10,18H,1-3,6,8H2. The normalized spacial score (nSPS) is 20.3. The van der Waals surface area contributed by atoms with Crippen LogP contribution in [-0.2, 0) is 6.18 Å². The van der Waals surface area contributed by atoms with Gasteiger partial charge in [0, 0.05) is 22.0 Å². The van der Waals surface area contributed by atoms with Crippen molar-refractivity contribution in [3.8, 4) is 0 Å². The third-order valence-electron chi connectivity index (χ3n) is 3.08. The first kappa shape index (κ1) is 15.0. The number of benzene rings is 1. The number of alkyl halides is 3. The molecule has 0 amide bonds. The molecule has 1 aromatic rings. The van der Waals surface area contributed by atoms with E-state index in [9.17, 15) is 13.2 Å². The maximum atomic E-state index is 12.9. The number of anilines is 1. The molecular formula is C13H15BrF3NS. The summed E-state index contributed by atoms with van der Waals surface area (Å²) in [6.07, 6.45) is -0.861. The van der Waals surface area contributed by atoms with E-state index in [1.54, 1.807) is 6.07 Å². The van der Waals surface area contributed by atoms with Crippen molar-refractivity contribution in [2.24, 2.45) is 0 Å². The van der Waals surface area contributed by atoms with Crippen LogP contribution in [0.15, 0.2) is 22.7 Å². The molecule has 1 fully saturated rings. The molecule has 0 aliphatic carbocycles. The Kier molecular flexibility index (Phi) is 5.06. The zero-order chi connectivity index (χ0) is 13.9. The van der Waals surface area contributed by atoms with Crippen LogP contribution >= 0.6 is 27.7 Å². The molecule has 1 N–H and O–H groups in total. The average molecular weight is 354 g/mol. The van der Waals surface area contributed by atoms with E-state index in [0.717, 1.165) is 18.2 Å². The van der Waals surface area contributed by atoms with E-state index in [-0.39, 0.29) is 5.69 Å². The van der Waals surface area contributed by atoms with E-state index in [0.29, 0.717) is 16.3 Å². The van der Waals surface area contributed by atoms with Gasteiger partial charge in [-0.2, -0.15) is 24.9 Å². The fourth-order valence-corrected chi connectivity index (χ4v) is 3.70. The zero-order valence-electron chi connectivity index (χ0n) is 10.3. The molecule has 0 spiro atoms. The number of thioether (sulfide) groups is 1. The minimum Gasteiger partial charge on any atom is -0.383 e. The van der Waals surface area contributed by atoms with Crippen molar-refractivity contribution < 1.29 is 13.2 Å². The van der Waals surface area contributed by atoms with E-state index in [4.69, 9.17) is 0 Å². The average Bonchev–Trinajstić information content (AvgIpc) is 2.37. The van der Waals surface area contributed by atoms with Gasteiger partial charge in [-0.05, 0) is 36.8 Å². The van der Waals surface area contributed by atoms with Crippen molar-refractivity contribution in [1.29, 1.82) is 0 Å². The highest BCUT2D eigenvalue weighted by Crippen LogP contribution is 2.37. The van der Waals surface area contributed by atoms with Crippen molar-refractivity contribution in [3.63, 3.8) is 0 Å². The Balaban J connectivity index is 2.06. The first-order valence-corrected chi connectivity index (χ1v) is 8.03. The van der Waals surface area contributed by atoms with Crippen LogP contribution in [0, 0.1) is 0 Å². The molecule has 1 saturated heterocycles. The Labute approximate surface area is 123 Å². The Morgan fingerprint density at radius 2 is 2.11 bits per heavy atom. The fraction of sp³-hybridized carbons (Fsp3) is 0.538. The monoisotopic (exact) mass is 353 g/mol. The topological polar surface area (TPSA) is 12.0 Å². The molecule has 1 heterocycles. The molecule has 1 aliphatic rings. The van der Waals surface area contributed by atoms with Crippen LogP contribution in [0.2, 0.25) is 0 Å². The van der Waals surface area contributed by atoms with Crippen LogP contribution in [0.25, 0.3) is 0 Å². The van der Waals surface area contributed by atoms with Crippen LogP contribution in [0.1, 0.15) is 24.8 Å². The van der Waals surface area contributed by atoms with Gasteiger partial charge in [-0.15, -0.1) is 0 Å². The summed E-state index contributed by atoms with van der Waals surface area (Å²) in [6.45, 7) is 0.593. The largest absolute Gasteiger partial charge is 0.418 e. The molecular weight excluding hydrogens is 339 g/mol. The van der Waals surface area contributed by atoms with Crippen molar-refractivity contribution >= 4 is 33.4 Å². The molecule has 0 bridgehead atoms. The minimum absolute atomic E-state index is 0.168. The van der Waals surface area contributed by atoms with Crippen LogP contribution in [-0.4, -0.2) is 17.5 Å². The summed E-state index contributed by atoms with van der Waals surface area (Å²) in [7, 11) is 0. The van der Waals surface area contributed by atoms with Crippen LogP contribution in [0.3, 0.4) is 0 Å². The molecule has 2 rings (SSSR count). The van der Waals surface area contributed by atoms with Gasteiger partial charge in [0.2, 0.25) is 0 Å². The summed E-state index contributed by atoms with van der Waals surface area (Å²) in [5, 5.41) is 3.37. The Bertz CT molecular complexity index is 430. The van der Waals surface area contributed by atoms with Crippen molar-refractivity contribution in [2.75, 3.05) is 17.6 Å². The zero-order valence-corrected chi connectivity index (χ0v) is 12.7. The van der Waals surface area contributed by atoms with Gasteiger partial charge >= 0.3 is 6.18 Å². The molecule has 6 heteroatoms. The second-order valence-electron chi connectivity index (χ2n) is 4.56. The molecule has 106 valence electrons. The van der Waals surface area contributed by atoms with Gasteiger partial charge < -0.3 is 5.32 Å². The molecule has 1 unspecified atom stereocenters. The van der Waals surface area contributed by atoms with Gasteiger partial charge in [0.25, 0.3) is 0 Å². The summed E-state index contributed by atoms with van der Waals surface area (Å²) in [5.74, 6) is 1.11. The molecule has 1 atom stereocenters. The summed E-state index contributed by atoms with van der Waals surface area (Å²) in [5.41, 5.74) is -0.440. The Morgan fingerprint density at radius 3 is 2.74 bits per heavy atom. The number of halogens is 4. The molecule has 1 aliphatic heterocycles. The maximum absolute atomic E-state index is 12.9. The lowest BCUT2D eigenvalue weighted by molar-refractivity contribution is -0.137. The van der Waals surface area contributed by atoms with Crippen molar-refractivity contribution in [3.05, 3.63) is 28.2 Å². The molecule has 0 saturated carbocycles. The third kappa shape index (κ3) is 4.31. The van der Waals surface area contributed by atoms with E-state index in [1.165, 1.54) is 18.9 Å². The van der Waals surface area contributed by atoms with Crippen LogP contribution in [0.4, 0.5) is 18.9 Å². The molecule has 1 nitrogen and oxygen atoms in total. The summed E-state index contributed by atoms with van der Waals surface area (Å²) >= 11 is 4.93. The van der Waals surface area contributed by atoms with Gasteiger partial charge in [-0.3, -0.25) is 0 Å². The van der Waals surface area contributed by atoms with Crippen LogP contribution in [0.5, 0.6) is 0 Å². The van der Waals surface area contributed by atoms with E-state index >= 15 is 0 Å². The highest BCUT2D eigenvalue weighted by atomic mass is 79.9. The smallest absolute Gasteiger partial charge is 0.383 e. The minimum atomic E-state index is -4.33.